The third kappa shape index (κ3) is 1.52. The van der Waals surface area contributed by atoms with Gasteiger partial charge in [-0.3, -0.25) is 14.5 Å². The lowest BCUT2D eigenvalue weighted by atomic mass is 10.3. The van der Waals surface area contributed by atoms with Gasteiger partial charge in [-0.05, 0) is 24.3 Å². The molecule has 0 saturated carbocycles. The van der Waals surface area contributed by atoms with Gasteiger partial charge in [0.05, 0.1) is 5.52 Å². The average Bonchev–Trinajstić information content (AvgIpc) is 2.67. The van der Waals surface area contributed by atoms with Crippen LogP contribution in [0.4, 0.5) is 5.95 Å². The Morgan fingerprint density at radius 3 is 3.00 bits per heavy atom. The molecule has 0 aliphatic rings. The summed E-state index contributed by atoms with van der Waals surface area (Å²) in [4.78, 5) is 19.6. The van der Waals surface area contributed by atoms with E-state index in [1.165, 1.54) is 6.92 Å². The van der Waals surface area contributed by atoms with Crippen LogP contribution in [0.5, 0.6) is 0 Å². The highest BCUT2D eigenvalue weighted by Crippen LogP contribution is 2.20. The highest BCUT2D eigenvalue weighted by atomic mass is 16.1. The van der Waals surface area contributed by atoms with Crippen LogP contribution < -0.4 is 5.32 Å². The van der Waals surface area contributed by atoms with Crippen LogP contribution in [0.3, 0.4) is 0 Å². The number of aromatic nitrogens is 3. The molecule has 1 amide bonds. The van der Waals surface area contributed by atoms with E-state index < -0.39 is 0 Å². The van der Waals surface area contributed by atoms with Crippen molar-refractivity contribution in [1.82, 2.24) is 14.4 Å². The summed E-state index contributed by atoms with van der Waals surface area (Å²) in [5.74, 6) is 0.339. The molecule has 0 radical (unpaired) electrons. The SMILES string of the molecule is CC(=O)Nc1nccc2cc3cccnc3n12. The summed E-state index contributed by atoms with van der Waals surface area (Å²) in [6.45, 7) is 1.46. The van der Waals surface area contributed by atoms with Gasteiger partial charge in [-0.1, -0.05) is 0 Å². The molecule has 0 saturated heterocycles. The van der Waals surface area contributed by atoms with Crippen molar-refractivity contribution in [2.24, 2.45) is 0 Å². The molecule has 0 aliphatic heterocycles. The molecule has 5 nitrogen and oxygen atoms in total. The Hall–Kier alpha value is -2.43. The Balaban J connectivity index is 2.39. The first-order valence-corrected chi connectivity index (χ1v) is 5.24. The van der Waals surface area contributed by atoms with Crippen molar-refractivity contribution in [3.05, 3.63) is 36.7 Å². The zero-order valence-corrected chi connectivity index (χ0v) is 9.21. The van der Waals surface area contributed by atoms with Crippen molar-refractivity contribution in [2.45, 2.75) is 6.92 Å². The van der Waals surface area contributed by atoms with Gasteiger partial charge in [-0.25, -0.2) is 9.97 Å². The fourth-order valence-electron chi connectivity index (χ4n) is 1.89. The Bertz CT molecular complexity index is 717. The smallest absolute Gasteiger partial charge is 0.223 e. The molecule has 3 heterocycles. The van der Waals surface area contributed by atoms with E-state index in [9.17, 15) is 4.79 Å². The number of nitrogens with zero attached hydrogens (tertiary/aromatic N) is 3. The molecule has 0 unspecified atom stereocenters. The maximum absolute atomic E-state index is 11.1. The average molecular weight is 226 g/mol. The molecular formula is C12H10N4O. The summed E-state index contributed by atoms with van der Waals surface area (Å²) in [6.07, 6.45) is 3.39. The maximum atomic E-state index is 11.1. The van der Waals surface area contributed by atoms with Crippen molar-refractivity contribution < 1.29 is 4.79 Å². The number of rotatable bonds is 1. The largest absolute Gasteiger partial charge is 0.296 e. The topological polar surface area (TPSA) is 59.3 Å². The van der Waals surface area contributed by atoms with Crippen LogP contribution in [0.1, 0.15) is 6.92 Å². The van der Waals surface area contributed by atoms with Gasteiger partial charge < -0.3 is 0 Å². The first-order chi connectivity index (χ1) is 8.25. The van der Waals surface area contributed by atoms with Crippen molar-refractivity contribution >= 4 is 28.4 Å². The molecule has 0 bridgehead atoms. The predicted molar refractivity (Wildman–Crippen MR) is 64.8 cm³/mol. The van der Waals surface area contributed by atoms with Crippen molar-refractivity contribution in [3.63, 3.8) is 0 Å². The van der Waals surface area contributed by atoms with E-state index >= 15 is 0 Å². The van der Waals surface area contributed by atoms with Gasteiger partial charge in [-0.2, -0.15) is 0 Å². The molecule has 0 fully saturated rings. The first kappa shape index (κ1) is 9.77. The predicted octanol–water partition coefficient (Wildman–Crippen LogP) is 1.84. The Kier molecular flexibility index (Phi) is 2.04. The van der Waals surface area contributed by atoms with Gasteiger partial charge in [0.25, 0.3) is 0 Å². The van der Waals surface area contributed by atoms with Gasteiger partial charge in [0.2, 0.25) is 11.9 Å². The van der Waals surface area contributed by atoms with Gasteiger partial charge >= 0.3 is 0 Å². The monoisotopic (exact) mass is 226 g/mol. The Morgan fingerprint density at radius 1 is 1.29 bits per heavy atom. The van der Waals surface area contributed by atoms with Gasteiger partial charge in [-0.15, -0.1) is 0 Å². The van der Waals surface area contributed by atoms with Crippen molar-refractivity contribution in [2.75, 3.05) is 5.32 Å². The number of amides is 1. The second-order valence-corrected chi connectivity index (χ2v) is 3.77. The van der Waals surface area contributed by atoms with Gasteiger partial charge in [0.1, 0.15) is 5.65 Å². The molecule has 0 aromatic carbocycles. The molecule has 0 spiro atoms. The summed E-state index contributed by atoms with van der Waals surface area (Å²) in [7, 11) is 0. The normalized spacial score (nSPS) is 10.9. The standard InChI is InChI=1S/C12H10N4O/c1-8(17)15-12-14-6-4-10-7-9-3-2-5-13-11(9)16(10)12/h2-7H,1H3,(H,14,15,17). The molecule has 5 heteroatoms. The van der Waals surface area contributed by atoms with Crippen LogP contribution in [0.15, 0.2) is 36.7 Å². The molecule has 1 N–H and O–H groups in total. The Labute approximate surface area is 97.1 Å². The van der Waals surface area contributed by atoms with Crippen LogP contribution in [-0.2, 0) is 4.79 Å². The van der Waals surface area contributed by atoms with Gasteiger partial charge in [0.15, 0.2) is 0 Å². The first-order valence-electron chi connectivity index (χ1n) is 5.24. The highest BCUT2D eigenvalue weighted by Gasteiger charge is 2.08. The number of hydrogen-bond acceptors (Lipinski definition) is 3. The third-order valence-electron chi connectivity index (χ3n) is 2.53. The van der Waals surface area contributed by atoms with E-state index in [0.717, 1.165) is 16.6 Å². The zero-order chi connectivity index (χ0) is 11.8. The number of fused-ring (bicyclic) bond motifs is 3. The quantitative estimate of drug-likeness (QED) is 0.688. The summed E-state index contributed by atoms with van der Waals surface area (Å²) < 4.78 is 1.83. The lowest BCUT2D eigenvalue weighted by Crippen LogP contribution is -2.11. The van der Waals surface area contributed by atoms with E-state index in [-0.39, 0.29) is 5.91 Å². The second kappa shape index (κ2) is 3.55. The van der Waals surface area contributed by atoms with E-state index in [1.54, 1.807) is 12.4 Å². The highest BCUT2D eigenvalue weighted by molar-refractivity contribution is 5.90. The van der Waals surface area contributed by atoms with Crippen molar-refractivity contribution in [3.8, 4) is 0 Å². The molecule has 3 rings (SSSR count). The lowest BCUT2D eigenvalue weighted by molar-refractivity contribution is -0.114. The van der Waals surface area contributed by atoms with E-state index in [4.69, 9.17) is 0 Å². The number of nitrogens with one attached hydrogen (secondary N) is 1. The van der Waals surface area contributed by atoms with E-state index in [0.29, 0.717) is 5.95 Å². The van der Waals surface area contributed by atoms with Crippen LogP contribution in [0.2, 0.25) is 0 Å². The number of hydrogen-bond donors (Lipinski definition) is 1. The number of carbonyl (C=O) groups excluding carboxylic acids is 1. The van der Waals surface area contributed by atoms with Crippen molar-refractivity contribution in [1.29, 1.82) is 0 Å². The minimum atomic E-state index is -0.150. The fraction of sp³-hybridized carbons (Fsp3) is 0.0833. The van der Waals surface area contributed by atoms with Gasteiger partial charge in [0, 0.05) is 24.7 Å². The third-order valence-corrected chi connectivity index (χ3v) is 2.53. The zero-order valence-electron chi connectivity index (χ0n) is 9.21. The summed E-state index contributed by atoms with van der Waals surface area (Å²) in [5, 5.41) is 3.72. The molecule has 0 aliphatic carbocycles. The van der Waals surface area contributed by atoms with Crippen LogP contribution in [0.25, 0.3) is 16.6 Å². The molecule has 3 aromatic heterocycles. The molecule has 3 aromatic rings. The fourth-order valence-corrected chi connectivity index (χ4v) is 1.89. The van der Waals surface area contributed by atoms with Crippen LogP contribution in [-0.4, -0.2) is 20.3 Å². The minimum Gasteiger partial charge on any atom is -0.296 e. The van der Waals surface area contributed by atoms with E-state index in [1.807, 2.05) is 28.7 Å². The van der Waals surface area contributed by atoms with Crippen LogP contribution >= 0.6 is 0 Å². The molecule has 17 heavy (non-hydrogen) atoms. The number of anilines is 1. The lowest BCUT2D eigenvalue weighted by Gasteiger charge is -2.05. The summed E-state index contributed by atoms with van der Waals surface area (Å²) in [6, 6.07) is 7.75. The molecule has 84 valence electrons. The maximum Gasteiger partial charge on any atom is 0.223 e. The molecule has 0 atom stereocenters. The second-order valence-electron chi connectivity index (χ2n) is 3.77. The number of carbonyl (C=O) groups is 1. The summed E-state index contributed by atoms with van der Waals surface area (Å²) in [5.41, 5.74) is 1.75. The number of pyridine rings is 1. The van der Waals surface area contributed by atoms with E-state index in [2.05, 4.69) is 15.3 Å². The van der Waals surface area contributed by atoms with Crippen LogP contribution in [0, 0.1) is 0 Å². The minimum absolute atomic E-state index is 0.150. The molecular weight excluding hydrogens is 216 g/mol. The summed E-state index contributed by atoms with van der Waals surface area (Å²) >= 11 is 0. The Morgan fingerprint density at radius 2 is 2.18 bits per heavy atom.